The van der Waals surface area contributed by atoms with Crippen LogP contribution in [0.4, 0.5) is 11.4 Å². The predicted octanol–water partition coefficient (Wildman–Crippen LogP) is 2.48. The average Bonchev–Trinajstić information content (AvgIpc) is 2.63. The summed E-state index contributed by atoms with van der Waals surface area (Å²) in [6, 6.07) is 11.6. The van der Waals surface area contributed by atoms with Gasteiger partial charge in [0.1, 0.15) is 0 Å². The van der Waals surface area contributed by atoms with E-state index in [2.05, 4.69) is 39.2 Å². The summed E-state index contributed by atoms with van der Waals surface area (Å²) >= 11 is 0. The van der Waals surface area contributed by atoms with Crippen LogP contribution in [0.2, 0.25) is 0 Å². The molecule has 5 nitrogen and oxygen atoms in total. The largest absolute Gasteiger partial charge is 0.369 e. The van der Waals surface area contributed by atoms with E-state index >= 15 is 0 Å². The van der Waals surface area contributed by atoms with Gasteiger partial charge < -0.3 is 15.1 Å². The molecule has 120 valence electrons. The van der Waals surface area contributed by atoms with Crippen molar-refractivity contribution in [1.82, 2.24) is 9.88 Å². The third-order valence-corrected chi connectivity index (χ3v) is 4.23. The number of nitrogens with one attached hydrogen (secondary N) is 1. The van der Waals surface area contributed by atoms with Crippen LogP contribution in [0.25, 0.3) is 0 Å². The quantitative estimate of drug-likeness (QED) is 0.942. The minimum absolute atomic E-state index is 0.137. The van der Waals surface area contributed by atoms with E-state index in [9.17, 15) is 4.79 Å². The van der Waals surface area contributed by atoms with Crippen LogP contribution in [0.1, 0.15) is 17.3 Å². The Morgan fingerprint density at radius 2 is 1.87 bits per heavy atom. The summed E-state index contributed by atoms with van der Waals surface area (Å²) in [6.45, 7) is 7.64. The lowest BCUT2D eigenvalue weighted by atomic mass is 10.2. The number of aromatic nitrogens is 1. The number of nitrogens with zero attached hydrogens (tertiary/aromatic N) is 3. The van der Waals surface area contributed by atoms with Gasteiger partial charge in [0, 0.05) is 49.9 Å². The molecule has 0 atom stereocenters. The number of carbonyl (C=O) groups excluding carboxylic acids is 1. The summed E-state index contributed by atoms with van der Waals surface area (Å²) in [5.41, 5.74) is 2.57. The molecule has 0 unspecified atom stereocenters. The average molecular weight is 310 g/mol. The van der Waals surface area contributed by atoms with E-state index in [1.807, 2.05) is 12.1 Å². The predicted molar refractivity (Wildman–Crippen MR) is 93.0 cm³/mol. The van der Waals surface area contributed by atoms with Crippen molar-refractivity contribution in [1.29, 1.82) is 0 Å². The maximum atomic E-state index is 12.1. The summed E-state index contributed by atoms with van der Waals surface area (Å²) < 4.78 is 0. The Labute approximate surface area is 136 Å². The molecule has 1 aromatic carbocycles. The van der Waals surface area contributed by atoms with Gasteiger partial charge in [0.25, 0.3) is 5.91 Å². The van der Waals surface area contributed by atoms with Crippen LogP contribution < -0.4 is 10.2 Å². The molecule has 0 radical (unpaired) electrons. The van der Waals surface area contributed by atoms with Gasteiger partial charge in [-0.3, -0.25) is 9.78 Å². The first-order chi connectivity index (χ1) is 11.3. The number of piperazine rings is 1. The second-order valence-electron chi connectivity index (χ2n) is 5.66. The highest BCUT2D eigenvalue weighted by Crippen LogP contribution is 2.20. The summed E-state index contributed by atoms with van der Waals surface area (Å²) in [7, 11) is 0. The van der Waals surface area contributed by atoms with Gasteiger partial charge in [-0.25, -0.2) is 0 Å². The molecule has 1 saturated heterocycles. The SMILES string of the molecule is CCN1CCN(c2ccc(NC(=O)c3cccnc3)cc2)CC1. The second-order valence-corrected chi connectivity index (χ2v) is 5.66. The first-order valence-electron chi connectivity index (χ1n) is 8.05. The molecule has 5 heteroatoms. The van der Waals surface area contributed by atoms with Crippen LogP contribution in [-0.4, -0.2) is 48.5 Å². The van der Waals surface area contributed by atoms with E-state index < -0.39 is 0 Å². The van der Waals surface area contributed by atoms with Gasteiger partial charge in [0.2, 0.25) is 0 Å². The molecule has 2 aromatic rings. The Hall–Kier alpha value is -2.40. The highest BCUT2D eigenvalue weighted by Gasteiger charge is 2.15. The van der Waals surface area contributed by atoms with Crippen LogP contribution >= 0.6 is 0 Å². The molecule has 3 rings (SSSR count). The monoisotopic (exact) mass is 310 g/mol. The summed E-state index contributed by atoms with van der Waals surface area (Å²) in [5.74, 6) is -0.137. The number of amides is 1. The van der Waals surface area contributed by atoms with E-state index in [1.54, 1.807) is 24.5 Å². The van der Waals surface area contributed by atoms with Crippen molar-refractivity contribution in [3.8, 4) is 0 Å². The number of hydrogen-bond acceptors (Lipinski definition) is 4. The number of benzene rings is 1. The van der Waals surface area contributed by atoms with Gasteiger partial charge in [-0.1, -0.05) is 6.92 Å². The first-order valence-corrected chi connectivity index (χ1v) is 8.05. The van der Waals surface area contributed by atoms with E-state index in [4.69, 9.17) is 0 Å². The van der Waals surface area contributed by atoms with E-state index in [1.165, 1.54) is 5.69 Å². The molecule has 0 bridgehead atoms. The van der Waals surface area contributed by atoms with Crippen molar-refractivity contribution in [2.75, 3.05) is 42.9 Å². The number of pyridine rings is 1. The van der Waals surface area contributed by atoms with Crippen LogP contribution in [0.5, 0.6) is 0 Å². The van der Waals surface area contributed by atoms with Gasteiger partial charge in [-0.05, 0) is 42.9 Å². The van der Waals surface area contributed by atoms with Crippen molar-refractivity contribution in [2.45, 2.75) is 6.92 Å². The normalized spacial score (nSPS) is 15.4. The summed E-state index contributed by atoms with van der Waals surface area (Å²) in [4.78, 5) is 20.9. The minimum atomic E-state index is -0.137. The molecule has 1 N–H and O–H groups in total. The topological polar surface area (TPSA) is 48.5 Å². The maximum absolute atomic E-state index is 12.1. The Bertz CT molecular complexity index is 634. The lowest BCUT2D eigenvalue weighted by Crippen LogP contribution is -2.46. The van der Waals surface area contributed by atoms with Crippen LogP contribution in [0, 0.1) is 0 Å². The van der Waals surface area contributed by atoms with Crippen molar-refractivity contribution in [3.05, 3.63) is 54.4 Å². The van der Waals surface area contributed by atoms with Crippen LogP contribution in [-0.2, 0) is 0 Å². The van der Waals surface area contributed by atoms with Gasteiger partial charge in [0.05, 0.1) is 5.56 Å². The zero-order valence-electron chi connectivity index (χ0n) is 13.4. The van der Waals surface area contributed by atoms with Gasteiger partial charge in [-0.2, -0.15) is 0 Å². The second kappa shape index (κ2) is 7.24. The summed E-state index contributed by atoms with van der Waals surface area (Å²) in [5, 5.41) is 2.90. The first kappa shape index (κ1) is 15.5. The summed E-state index contributed by atoms with van der Waals surface area (Å²) in [6.07, 6.45) is 3.22. The number of anilines is 2. The Morgan fingerprint density at radius 1 is 1.13 bits per heavy atom. The van der Waals surface area contributed by atoms with E-state index in [-0.39, 0.29) is 5.91 Å². The lowest BCUT2D eigenvalue weighted by molar-refractivity contribution is 0.102. The van der Waals surface area contributed by atoms with Crippen molar-refractivity contribution in [3.63, 3.8) is 0 Å². The van der Waals surface area contributed by atoms with Crippen molar-refractivity contribution >= 4 is 17.3 Å². The molecule has 2 heterocycles. The zero-order valence-corrected chi connectivity index (χ0v) is 13.4. The Kier molecular flexibility index (Phi) is 4.88. The maximum Gasteiger partial charge on any atom is 0.257 e. The fourth-order valence-electron chi connectivity index (χ4n) is 2.78. The molecular formula is C18H22N4O. The minimum Gasteiger partial charge on any atom is -0.369 e. The molecule has 1 fully saturated rings. The number of likely N-dealkylation sites (N-methyl/N-ethyl adjacent to an activating group) is 1. The van der Waals surface area contributed by atoms with Gasteiger partial charge in [0.15, 0.2) is 0 Å². The number of hydrogen-bond donors (Lipinski definition) is 1. The zero-order chi connectivity index (χ0) is 16.1. The fraction of sp³-hybridized carbons (Fsp3) is 0.333. The molecular weight excluding hydrogens is 288 g/mol. The van der Waals surface area contributed by atoms with Crippen molar-refractivity contribution < 1.29 is 4.79 Å². The molecule has 0 saturated carbocycles. The van der Waals surface area contributed by atoms with E-state index in [0.29, 0.717) is 5.56 Å². The molecule has 23 heavy (non-hydrogen) atoms. The standard InChI is InChI=1S/C18H22N4O/c1-2-21-10-12-22(13-11-21)17-7-5-16(6-8-17)20-18(23)15-4-3-9-19-14-15/h3-9,14H,2,10-13H2,1H3,(H,20,23). The van der Waals surface area contributed by atoms with Gasteiger partial charge in [-0.15, -0.1) is 0 Å². The number of rotatable bonds is 4. The molecule has 1 aliphatic heterocycles. The third-order valence-electron chi connectivity index (χ3n) is 4.23. The molecule has 1 aliphatic rings. The Morgan fingerprint density at radius 3 is 2.48 bits per heavy atom. The smallest absolute Gasteiger partial charge is 0.257 e. The lowest BCUT2D eigenvalue weighted by Gasteiger charge is -2.35. The van der Waals surface area contributed by atoms with Crippen molar-refractivity contribution in [2.24, 2.45) is 0 Å². The van der Waals surface area contributed by atoms with Crippen LogP contribution in [0.3, 0.4) is 0 Å². The Balaban J connectivity index is 1.60. The number of carbonyl (C=O) groups is 1. The molecule has 0 aliphatic carbocycles. The third kappa shape index (κ3) is 3.87. The highest BCUT2D eigenvalue weighted by molar-refractivity contribution is 6.04. The highest BCUT2D eigenvalue weighted by atomic mass is 16.1. The fourth-order valence-corrected chi connectivity index (χ4v) is 2.78. The molecule has 1 aromatic heterocycles. The van der Waals surface area contributed by atoms with Crippen LogP contribution in [0.15, 0.2) is 48.8 Å². The molecule has 1 amide bonds. The molecule has 0 spiro atoms. The van der Waals surface area contributed by atoms with Gasteiger partial charge >= 0.3 is 0 Å². The van der Waals surface area contributed by atoms with E-state index in [0.717, 1.165) is 38.4 Å².